The molecule has 0 bridgehead atoms. The summed E-state index contributed by atoms with van der Waals surface area (Å²) in [4.78, 5) is 10.7. The smallest absolute Gasteiger partial charge is 0.331 e. The summed E-state index contributed by atoms with van der Waals surface area (Å²) in [6, 6.07) is 0. The van der Waals surface area contributed by atoms with Gasteiger partial charge < -0.3 is 5.11 Å². The van der Waals surface area contributed by atoms with Gasteiger partial charge in [0.25, 0.3) is 0 Å². The largest absolute Gasteiger partial charge is 0.478 e. The molecule has 0 heterocycles. The summed E-state index contributed by atoms with van der Waals surface area (Å²) in [6.45, 7) is 1.47. The summed E-state index contributed by atoms with van der Waals surface area (Å²) >= 11 is 0. The monoisotopic (exact) mass is 218 g/mol. The van der Waals surface area contributed by atoms with E-state index in [0.717, 1.165) is 12.7 Å². The molecule has 5 heteroatoms. The van der Waals surface area contributed by atoms with Crippen LogP contribution >= 0.6 is 0 Å². The molecule has 1 rings (SSSR count). The van der Waals surface area contributed by atoms with Gasteiger partial charge >= 0.3 is 5.97 Å². The van der Waals surface area contributed by atoms with Crippen molar-refractivity contribution in [3.8, 4) is 0 Å². The van der Waals surface area contributed by atoms with Crippen LogP contribution < -0.4 is 0 Å². The van der Waals surface area contributed by atoms with Crippen LogP contribution in [0.25, 0.3) is 0 Å². The minimum Gasteiger partial charge on any atom is -0.478 e. The molecule has 0 saturated heterocycles. The van der Waals surface area contributed by atoms with Crippen LogP contribution in [0.1, 0.15) is 26.2 Å². The molecule has 1 unspecified atom stereocenters. The highest BCUT2D eigenvalue weighted by Crippen LogP contribution is 2.32. The maximum Gasteiger partial charge on any atom is 0.331 e. The minimum absolute atomic E-state index is 0.193. The van der Waals surface area contributed by atoms with Gasteiger partial charge in [0.15, 0.2) is 9.84 Å². The van der Waals surface area contributed by atoms with E-state index in [-0.39, 0.29) is 5.57 Å². The lowest BCUT2D eigenvalue weighted by molar-refractivity contribution is -0.132. The van der Waals surface area contributed by atoms with Crippen molar-refractivity contribution in [2.24, 2.45) is 0 Å². The van der Waals surface area contributed by atoms with Gasteiger partial charge in [0, 0.05) is 11.8 Å². The van der Waals surface area contributed by atoms with E-state index in [4.69, 9.17) is 5.11 Å². The predicted octanol–water partition coefficient (Wildman–Crippen LogP) is 0.985. The Morgan fingerprint density at radius 2 is 2.07 bits per heavy atom. The molecule has 1 atom stereocenters. The molecule has 1 aliphatic carbocycles. The van der Waals surface area contributed by atoms with Crippen LogP contribution in [0, 0.1) is 0 Å². The molecule has 1 aliphatic rings. The first-order chi connectivity index (χ1) is 6.34. The fraction of sp³-hybridized carbons (Fsp3) is 0.667. The number of aliphatic carboxylic acids is 1. The van der Waals surface area contributed by atoms with Crippen molar-refractivity contribution in [1.82, 2.24) is 0 Å². The van der Waals surface area contributed by atoms with Crippen LogP contribution in [0.3, 0.4) is 0 Å². The Kier molecular flexibility index (Phi) is 2.99. The van der Waals surface area contributed by atoms with Gasteiger partial charge in [-0.25, -0.2) is 13.2 Å². The molecule has 1 N–H and O–H groups in total. The number of carboxylic acid groups (broad SMARTS) is 1. The summed E-state index contributed by atoms with van der Waals surface area (Å²) in [5, 5.41) is 8.20. The van der Waals surface area contributed by atoms with Gasteiger partial charge in [0.2, 0.25) is 0 Å². The van der Waals surface area contributed by atoms with Gasteiger partial charge in [-0.3, -0.25) is 0 Å². The summed E-state index contributed by atoms with van der Waals surface area (Å²) < 4.78 is 22.7. The van der Waals surface area contributed by atoms with E-state index in [2.05, 4.69) is 0 Å². The summed E-state index contributed by atoms with van der Waals surface area (Å²) in [5.74, 6) is -1.02. The van der Waals surface area contributed by atoms with Crippen molar-refractivity contribution in [3.63, 3.8) is 0 Å². The van der Waals surface area contributed by atoms with Crippen molar-refractivity contribution >= 4 is 15.8 Å². The first-order valence-corrected chi connectivity index (χ1v) is 6.41. The molecule has 0 aliphatic heterocycles. The minimum atomic E-state index is -3.15. The number of hydrogen-bond donors (Lipinski definition) is 1. The van der Waals surface area contributed by atoms with E-state index < -0.39 is 21.1 Å². The zero-order valence-corrected chi connectivity index (χ0v) is 9.10. The second-order valence-corrected chi connectivity index (χ2v) is 5.89. The third-order valence-corrected chi connectivity index (χ3v) is 4.17. The first-order valence-electron chi connectivity index (χ1n) is 4.46. The average Bonchev–Trinajstić information content (AvgIpc) is 2.48. The Bertz CT molecular complexity index is 378. The molecular formula is C9H14O4S. The zero-order valence-electron chi connectivity index (χ0n) is 8.28. The molecule has 4 nitrogen and oxygen atoms in total. The number of hydrogen-bond acceptors (Lipinski definition) is 3. The van der Waals surface area contributed by atoms with Crippen LogP contribution in [-0.4, -0.2) is 31.0 Å². The fourth-order valence-corrected chi connectivity index (χ4v) is 3.26. The molecule has 0 spiro atoms. The third kappa shape index (κ3) is 2.15. The van der Waals surface area contributed by atoms with Crippen molar-refractivity contribution in [1.29, 1.82) is 0 Å². The highest BCUT2D eigenvalue weighted by atomic mass is 32.2. The van der Waals surface area contributed by atoms with Crippen LogP contribution in [0.5, 0.6) is 0 Å². The Balaban J connectivity index is 3.13. The third-order valence-electron chi connectivity index (χ3n) is 2.62. The van der Waals surface area contributed by atoms with Crippen molar-refractivity contribution in [2.75, 3.05) is 6.26 Å². The molecule has 14 heavy (non-hydrogen) atoms. The number of sulfone groups is 1. The normalized spacial score (nSPS) is 26.3. The lowest BCUT2D eigenvalue weighted by atomic mass is 10.1. The van der Waals surface area contributed by atoms with Gasteiger partial charge in [-0.1, -0.05) is 0 Å². The highest BCUT2D eigenvalue weighted by Gasteiger charge is 2.32. The molecule has 0 aromatic rings. The van der Waals surface area contributed by atoms with Gasteiger partial charge in [-0.2, -0.15) is 0 Å². The Morgan fingerprint density at radius 3 is 2.50 bits per heavy atom. The lowest BCUT2D eigenvalue weighted by Crippen LogP contribution is -2.20. The maximum atomic E-state index is 11.3. The molecule has 1 saturated carbocycles. The van der Waals surface area contributed by atoms with Crippen LogP contribution in [0.2, 0.25) is 0 Å². The van der Waals surface area contributed by atoms with Gasteiger partial charge in [0.05, 0.1) is 5.25 Å². The second-order valence-electron chi connectivity index (χ2n) is 3.67. The van der Waals surface area contributed by atoms with E-state index in [1.54, 1.807) is 0 Å². The van der Waals surface area contributed by atoms with E-state index >= 15 is 0 Å². The number of rotatable bonds is 2. The van der Waals surface area contributed by atoms with Gasteiger partial charge in [-0.05, 0) is 31.8 Å². The Hall–Kier alpha value is -0.840. The van der Waals surface area contributed by atoms with Gasteiger partial charge in [0.1, 0.15) is 0 Å². The zero-order chi connectivity index (χ0) is 10.9. The van der Waals surface area contributed by atoms with Crippen molar-refractivity contribution in [2.45, 2.75) is 31.4 Å². The maximum absolute atomic E-state index is 11.3. The second kappa shape index (κ2) is 3.73. The summed E-state index contributed by atoms with van der Waals surface area (Å²) in [7, 11) is -3.15. The average molecular weight is 218 g/mol. The standard InChI is InChI=1S/C9H14O4S/c1-6(9(10)11)7-4-3-5-8(7)14(2,12)13/h8H,3-5H2,1-2H3,(H,10,11). The van der Waals surface area contributed by atoms with Crippen LogP contribution in [-0.2, 0) is 14.6 Å². The molecule has 0 radical (unpaired) electrons. The highest BCUT2D eigenvalue weighted by molar-refractivity contribution is 7.91. The van der Waals surface area contributed by atoms with E-state index in [9.17, 15) is 13.2 Å². The Morgan fingerprint density at radius 1 is 1.50 bits per heavy atom. The van der Waals surface area contributed by atoms with Crippen LogP contribution in [0.4, 0.5) is 0 Å². The predicted molar refractivity (Wildman–Crippen MR) is 52.8 cm³/mol. The number of carboxylic acids is 1. The Labute approximate surface area is 83.5 Å². The van der Waals surface area contributed by atoms with Crippen molar-refractivity contribution in [3.05, 3.63) is 11.1 Å². The first kappa shape index (κ1) is 11.2. The molecule has 80 valence electrons. The molecular weight excluding hydrogens is 204 g/mol. The van der Waals surface area contributed by atoms with Crippen LogP contribution in [0.15, 0.2) is 11.1 Å². The fourth-order valence-electron chi connectivity index (χ4n) is 1.85. The topological polar surface area (TPSA) is 71.4 Å². The molecule has 0 aromatic carbocycles. The SMILES string of the molecule is CC(C(=O)O)=C1CCCC1S(C)(=O)=O. The summed E-state index contributed by atoms with van der Waals surface area (Å²) in [5.41, 5.74) is 0.776. The molecule has 0 amide bonds. The molecule has 1 fully saturated rings. The number of carbonyl (C=O) groups is 1. The lowest BCUT2D eigenvalue weighted by Gasteiger charge is -2.11. The quantitative estimate of drug-likeness (QED) is 0.701. The summed E-state index contributed by atoms with van der Waals surface area (Å²) in [6.07, 6.45) is 3.07. The van der Waals surface area contributed by atoms with Crippen molar-refractivity contribution < 1.29 is 18.3 Å². The van der Waals surface area contributed by atoms with E-state index in [1.807, 2.05) is 0 Å². The molecule has 0 aromatic heterocycles. The van der Waals surface area contributed by atoms with E-state index in [1.165, 1.54) is 6.92 Å². The van der Waals surface area contributed by atoms with E-state index in [0.29, 0.717) is 18.4 Å². The van der Waals surface area contributed by atoms with Gasteiger partial charge in [-0.15, -0.1) is 0 Å².